The third kappa shape index (κ3) is 5.78. The van der Waals surface area contributed by atoms with Gasteiger partial charge in [-0.15, -0.1) is 0 Å². The molecular weight excluding hydrogens is 296 g/mol. The van der Waals surface area contributed by atoms with Gasteiger partial charge in [0.1, 0.15) is 5.75 Å². The fourth-order valence-electron chi connectivity index (χ4n) is 3.56. The highest BCUT2D eigenvalue weighted by Gasteiger charge is 2.17. The summed E-state index contributed by atoms with van der Waals surface area (Å²) in [5.41, 5.74) is 4.17. The third-order valence-corrected chi connectivity index (χ3v) is 5.24. The molecule has 0 amide bonds. The van der Waals surface area contributed by atoms with Crippen molar-refractivity contribution in [3.63, 3.8) is 0 Å². The summed E-state index contributed by atoms with van der Waals surface area (Å²) < 4.78 is 6.03. The van der Waals surface area contributed by atoms with E-state index in [1.165, 1.54) is 49.0 Å². The molecule has 0 saturated carbocycles. The normalized spacial score (nSPS) is 19.0. The van der Waals surface area contributed by atoms with Crippen molar-refractivity contribution in [2.75, 3.05) is 40.3 Å². The average molecular weight is 333 g/mol. The molecule has 24 heavy (non-hydrogen) atoms. The van der Waals surface area contributed by atoms with Gasteiger partial charge in [0.15, 0.2) is 0 Å². The first-order valence-electron chi connectivity index (χ1n) is 9.56. The summed E-state index contributed by atoms with van der Waals surface area (Å²) in [6.07, 6.45) is 5.03. The summed E-state index contributed by atoms with van der Waals surface area (Å²) in [7, 11) is 4.24. The Hall–Kier alpha value is -1.06. The van der Waals surface area contributed by atoms with Gasteiger partial charge in [0, 0.05) is 13.1 Å². The predicted octanol–water partition coefficient (Wildman–Crippen LogP) is 4.26. The van der Waals surface area contributed by atoms with Gasteiger partial charge in [-0.1, -0.05) is 13.0 Å². The summed E-state index contributed by atoms with van der Waals surface area (Å²) in [5.74, 6) is 1.90. The van der Waals surface area contributed by atoms with E-state index in [-0.39, 0.29) is 0 Å². The number of benzene rings is 1. The minimum absolute atomic E-state index is 0.817. The zero-order valence-electron chi connectivity index (χ0n) is 16.4. The first-order valence-corrected chi connectivity index (χ1v) is 9.56. The van der Waals surface area contributed by atoms with Gasteiger partial charge in [-0.3, -0.25) is 4.90 Å². The van der Waals surface area contributed by atoms with E-state index in [2.05, 4.69) is 56.8 Å². The van der Waals surface area contributed by atoms with Crippen LogP contribution in [0, 0.1) is 19.8 Å². The number of hydrogen-bond acceptors (Lipinski definition) is 3. The van der Waals surface area contributed by atoms with Crippen LogP contribution in [0.5, 0.6) is 5.75 Å². The van der Waals surface area contributed by atoms with Crippen molar-refractivity contribution in [2.24, 2.45) is 5.92 Å². The van der Waals surface area contributed by atoms with E-state index in [9.17, 15) is 0 Å². The van der Waals surface area contributed by atoms with Crippen molar-refractivity contribution >= 4 is 0 Å². The molecule has 3 heteroatoms. The minimum atomic E-state index is 0.817. The van der Waals surface area contributed by atoms with Crippen LogP contribution in [0.3, 0.4) is 0 Å². The molecule has 1 aromatic carbocycles. The van der Waals surface area contributed by atoms with Gasteiger partial charge in [-0.05, 0) is 95.4 Å². The summed E-state index contributed by atoms with van der Waals surface area (Å²) >= 11 is 0. The topological polar surface area (TPSA) is 15.7 Å². The number of hydrogen-bond donors (Lipinski definition) is 0. The van der Waals surface area contributed by atoms with Crippen LogP contribution in [0.4, 0.5) is 0 Å². The Kier molecular flexibility index (Phi) is 7.57. The van der Waals surface area contributed by atoms with Crippen molar-refractivity contribution in [2.45, 2.75) is 53.0 Å². The van der Waals surface area contributed by atoms with Crippen LogP contribution in [-0.2, 0) is 6.54 Å². The van der Waals surface area contributed by atoms with Crippen molar-refractivity contribution < 1.29 is 4.74 Å². The summed E-state index contributed by atoms with van der Waals surface area (Å²) in [6, 6.07) is 4.45. The zero-order valence-corrected chi connectivity index (χ0v) is 16.4. The highest BCUT2D eigenvalue weighted by atomic mass is 16.5. The Labute approximate surface area is 149 Å². The van der Waals surface area contributed by atoms with Gasteiger partial charge in [-0.25, -0.2) is 0 Å². The lowest BCUT2D eigenvalue weighted by atomic mass is 9.97. The maximum Gasteiger partial charge on any atom is 0.122 e. The molecule has 0 aromatic heterocycles. The number of likely N-dealkylation sites (tertiary alicyclic amines) is 1. The van der Waals surface area contributed by atoms with Crippen LogP contribution >= 0.6 is 0 Å². The second-order valence-corrected chi connectivity index (χ2v) is 7.81. The van der Waals surface area contributed by atoms with Crippen LogP contribution in [0.2, 0.25) is 0 Å². The van der Waals surface area contributed by atoms with Crippen molar-refractivity contribution in [3.05, 3.63) is 28.8 Å². The Morgan fingerprint density at radius 3 is 2.67 bits per heavy atom. The van der Waals surface area contributed by atoms with Gasteiger partial charge in [0.2, 0.25) is 0 Å². The molecular formula is C21H36N2O. The summed E-state index contributed by atoms with van der Waals surface area (Å²) in [4.78, 5) is 4.84. The van der Waals surface area contributed by atoms with Crippen molar-refractivity contribution in [1.82, 2.24) is 9.80 Å². The van der Waals surface area contributed by atoms with E-state index in [1.54, 1.807) is 0 Å². The van der Waals surface area contributed by atoms with E-state index >= 15 is 0 Å². The number of rotatable bonds is 8. The van der Waals surface area contributed by atoms with Gasteiger partial charge in [0.25, 0.3) is 0 Å². The van der Waals surface area contributed by atoms with Gasteiger partial charge < -0.3 is 9.64 Å². The first kappa shape index (κ1) is 19.3. The Bertz CT molecular complexity index is 513. The second kappa shape index (κ2) is 9.43. The van der Waals surface area contributed by atoms with Crippen LogP contribution < -0.4 is 4.74 Å². The van der Waals surface area contributed by atoms with Crippen LogP contribution in [-0.4, -0.2) is 50.1 Å². The summed E-state index contributed by atoms with van der Waals surface area (Å²) in [6.45, 7) is 12.3. The molecule has 1 atom stereocenters. The lowest BCUT2D eigenvalue weighted by molar-refractivity contribution is 0.176. The molecule has 136 valence electrons. The molecule has 1 saturated heterocycles. The average Bonchev–Trinajstić information content (AvgIpc) is 2.53. The fourth-order valence-corrected chi connectivity index (χ4v) is 3.56. The molecule has 1 unspecified atom stereocenters. The lowest BCUT2D eigenvalue weighted by Gasteiger charge is -2.31. The zero-order chi connectivity index (χ0) is 17.5. The maximum absolute atomic E-state index is 6.03. The molecule has 1 fully saturated rings. The molecule has 1 aliphatic heterocycles. The van der Waals surface area contributed by atoms with Crippen LogP contribution in [0.15, 0.2) is 12.1 Å². The van der Waals surface area contributed by atoms with E-state index < -0.39 is 0 Å². The standard InChI is InChI=1S/C21H36N2O/c1-17-9-8-13-23(15-17)16-20-10-11-21(19(3)18(20)2)24-14-7-6-12-22(4)5/h10-11,17H,6-9,12-16H2,1-5H3. The molecule has 0 N–H and O–H groups in total. The Morgan fingerprint density at radius 2 is 1.96 bits per heavy atom. The number of ether oxygens (including phenoxy) is 1. The molecule has 0 aliphatic carbocycles. The number of unbranched alkanes of at least 4 members (excludes halogenated alkanes) is 1. The van der Waals surface area contributed by atoms with Gasteiger partial charge >= 0.3 is 0 Å². The van der Waals surface area contributed by atoms with Crippen molar-refractivity contribution in [1.29, 1.82) is 0 Å². The van der Waals surface area contributed by atoms with Crippen molar-refractivity contribution in [3.8, 4) is 5.75 Å². The lowest BCUT2D eigenvalue weighted by Crippen LogP contribution is -2.33. The molecule has 1 heterocycles. The van der Waals surface area contributed by atoms with E-state index in [1.807, 2.05) is 0 Å². The molecule has 3 nitrogen and oxygen atoms in total. The largest absolute Gasteiger partial charge is 0.493 e. The maximum atomic E-state index is 6.03. The molecule has 0 spiro atoms. The number of piperidine rings is 1. The molecule has 1 aromatic rings. The molecule has 1 aliphatic rings. The minimum Gasteiger partial charge on any atom is -0.493 e. The summed E-state index contributed by atoms with van der Waals surface area (Å²) in [5, 5.41) is 0. The molecule has 0 radical (unpaired) electrons. The number of nitrogens with zero attached hydrogens (tertiary/aromatic N) is 2. The Morgan fingerprint density at radius 1 is 1.17 bits per heavy atom. The van der Waals surface area contributed by atoms with E-state index in [4.69, 9.17) is 4.74 Å². The van der Waals surface area contributed by atoms with Gasteiger partial charge in [0.05, 0.1) is 6.61 Å². The highest BCUT2D eigenvalue weighted by molar-refractivity contribution is 5.43. The van der Waals surface area contributed by atoms with E-state index in [0.717, 1.165) is 37.8 Å². The monoisotopic (exact) mass is 332 g/mol. The quantitative estimate of drug-likeness (QED) is 0.662. The third-order valence-electron chi connectivity index (χ3n) is 5.24. The first-order chi connectivity index (χ1) is 11.5. The predicted molar refractivity (Wildman–Crippen MR) is 103 cm³/mol. The van der Waals surface area contributed by atoms with Crippen LogP contribution in [0.25, 0.3) is 0 Å². The fraction of sp³-hybridized carbons (Fsp3) is 0.714. The smallest absolute Gasteiger partial charge is 0.122 e. The van der Waals surface area contributed by atoms with Gasteiger partial charge in [-0.2, -0.15) is 0 Å². The van der Waals surface area contributed by atoms with E-state index in [0.29, 0.717) is 0 Å². The Balaban J connectivity index is 1.88. The SMILES string of the molecule is Cc1c(CN2CCCC(C)C2)ccc(OCCCCN(C)C)c1C. The molecule has 0 bridgehead atoms. The highest BCUT2D eigenvalue weighted by Crippen LogP contribution is 2.26. The molecule has 2 rings (SSSR count). The second-order valence-electron chi connectivity index (χ2n) is 7.81. The van der Waals surface area contributed by atoms with Crippen LogP contribution in [0.1, 0.15) is 49.3 Å².